The Labute approximate surface area is 143 Å². The first kappa shape index (κ1) is 16.5. The summed E-state index contributed by atoms with van der Waals surface area (Å²) in [7, 11) is 2.14. The molecule has 1 fully saturated rings. The molecule has 5 nitrogen and oxygen atoms in total. The minimum atomic E-state index is -0.101. The van der Waals surface area contributed by atoms with Crippen molar-refractivity contribution in [3.63, 3.8) is 0 Å². The summed E-state index contributed by atoms with van der Waals surface area (Å²) in [5.41, 5.74) is 3.57. The summed E-state index contributed by atoms with van der Waals surface area (Å²) in [6, 6.07) is 9.75. The highest BCUT2D eigenvalue weighted by atomic mass is 16.1. The number of carbonyl (C=O) groups is 1. The second kappa shape index (κ2) is 7.01. The van der Waals surface area contributed by atoms with Crippen molar-refractivity contribution in [1.82, 2.24) is 9.88 Å². The van der Waals surface area contributed by atoms with Crippen LogP contribution in [0.15, 0.2) is 36.5 Å². The van der Waals surface area contributed by atoms with Crippen LogP contribution in [0.3, 0.4) is 0 Å². The van der Waals surface area contributed by atoms with Gasteiger partial charge in [0.05, 0.1) is 11.9 Å². The van der Waals surface area contributed by atoms with Crippen molar-refractivity contribution in [3.05, 3.63) is 53.2 Å². The number of nitrogens with zero attached hydrogens (tertiary/aromatic N) is 3. The number of likely N-dealkylation sites (N-methyl/N-ethyl adjacent to an activating group) is 1. The van der Waals surface area contributed by atoms with Gasteiger partial charge in [0.15, 0.2) is 0 Å². The number of benzene rings is 1. The second-order valence-electron chi connectivity index (χ2n) is 6.53. The van der Waals surface area contributed by atoms with E-state index in [4.69, 9.17) is 0 Å². The van der Waals surface area contributed by atoms with Crippen LogP contribution in [0.5, 0.6) is 0 Å². The summed E-state index contributed by atoms with van der Waals surface area (Å²) >= 11 is 0. The van der Waals surface area contributed by atoms with Gasteiger partial charge in [0.2, 0.25) is 0 Å². The predicted octanol–water partition coefficient (Wildman–Crippen LogP) is 2.70. The minimum absolute atomic E-state index is 0.101. The molecular weight excluding hydrogens is 300 g/mol. The molecule has 2 aromatic rings. The average Bonchev–Trinajstić information content (AvgIpc) is 2.55. The molecule has 1 aliphatic heterocycles. The number of amides is 1. The number of pyridine rings is 1. The molecular formula is C19H24N4O. The van der Waals surface area contributed by atoms with Crippen LogP contribution in [0, 0.1) is 13.8 Å². The molecule has 5 heteroatoms. The topological polar surface area (TPSA) is 48.5 Å². The van der Waals surface area contributed by atoms with E-state index >= 15 is 0 Å². The van der Waals surface area contributed by atoms with E-state index in [1.807, 2.05) is 38.1 Å². The van der Waals surface area contributed by atoms with Crippen molar-refractivity contribution in [3.8, 4) is 0 Å². The van der Waals surface area contributed by atoms with Crippen molar-refractivity contribution in [2.75, 3.05) is 43.4 Å². The van der Waals surface area contributed by atoms with Crippen LogP contribution in [-0.4, -0.2) is 49.0 Å². The van der Waals surface area contributed by atoms with Gasteiger partial charge in [-0.3, -0.25) is 4.79 Å². The summed E-state index contributed by atoms with van der Waals surface area (Å²) in [6.07, 6.45) is 1.73. The van der Waals surface area contributed by atoms with Crippen LogP contribution in [-0.2, 0) is 0 Å². The second-order valence-corrected chi connectivity index (χ2v) is 6.53. The van der Waals surface area contributed by atoms with Gasteiger partial charge in [0, 0.05) is 31.7 Å². The largest absolute Gasteiger partial charge is 0.354 e. The van der Waals surface area contributed by atoms with Gasteiger partial charge >= 0.3 is 0 Å². The van der Waals surface area contributed by atoms with Crippen molar-refractivity contribution in [2.24, 2.45) is 0 Å². The molecule has 1 saturated heterocycles. The molecule has 0 spiro atoms. The normalized spacial score (nSPS) is 15.4. The van der Waals surface area contributed by atoms with Crippen LogP contribution in [0.25, 0.3) is 0 Å². The standard InChI is InChI=1S/C19H24N4O/c1-14-10-15(2)12-16(11-14)19(24)21-17-4-5-18(20-13-17)23-8-6-22(3)7-9-23/h4-5,10-13H,6-9H2,1-3H3,(H,21,24). The van der Waals surface area contributed by atoms with Crippen LogP contribution in [0.1, 0.15) is 21.5 Å². The number of piperazine rings is 1. The van der Waals surface area contributed by atoms with Crippen LogP contribution in [0.2, 0.25) is 0 Å². The maximum absolute atomic E-state index is 12.4. The molecule has 1 aliphatic rings. The summed E-state index contributed by atoms with van der Waals surface area (Å²) in [5, 5.41) is 2.92. The predicted molar refractivity (Wildman–Crippen MR) is 97.8 cm³/mol. The highest BCUT2D eigenvalue weighted by Gasteiger charge is 2.15. The minimum Gasteiger partial charge on any atom is -0.354 e. The van der Waals surface area contributed by atoms with E-state index in [1.54, 1.807) is 6.20 Å². The first-order valence-electron chi connectivity index (χ1n) is 8.30. The number of rotatable bonds is 3. The molecule has 24 heavy (non-hydrogen) atoms. The monoisotopic (exact) mass is 324 g/mol. The lowest BCUT2D eigenvalue weighted by Gasteiger charge is -2.33. The third-order valence-electron chi connectivity index (χ3n) is 4.32. The Balaban J connectivity index is 1.66. The molecule has 1 aromatic heterocycles. The Hall–Kier alpha value is -2.40. The van der Waals surface area contributed by atoms with E-state index < -0.39 is 0 Å². The fourth-order valence-electron chi connectivity index (χ4n) is 2.99. The maximum atomic E-state index is 12.4. The molecule has 0 aliphatic carbocycles. The van der Waals surface area contributed by atoms with Gasteiger partial charge in [-0.1, -0.05) is 17.2 Å². The quantitative estimate of drug-likeness (QED) is 0.943. The maximum Gasteiger partial charge on any atom is 0.255 e. The number of hydrogen-bond donors (Lipinski definition) is 1. The molecule has 0 atom stereocenters. The molecule has 1 amide bonds. The Morgan fingerprint density at radius 2 is 1.71 bits per heavy atom. The molecule has 0 radical (unpaired) electrons. The summed E-state index contributed by atoms with van der Waals surface area (Å²) < 4.78 is 0. The van der Waals surface area contributed by atoms with Gasteiger partial charge < -0.3 is 15.1 Å². The zero-order valence-electron chi connectivity index (χ0n) is 14.5. The third-order valence-corrected chi connectivity index (χ3v) is 4.32. The molecule has 1 aromatic carbocycles. The lowest BCUT2D eigenvalue weighted by Crippen LogP contribution is -2.44. The number of aryl methyl sites for hydroxylation is 2. The van der Waals surface area contributed by atoms with Crippen molar-refractivity contribution in [2.45, 2.75) is 13.8 Å². The molecule has 0 unspecified atom stereocenters. The molecule has 1 N–H and O–H groups in total. The number of hydrogen-bond acceptors (Lipinski definition) is 4. The number of nitrogens with one attached hydrogen (secondary N) is 1. The SMILES string of the molecule is Cc1cc(C)cc(C(=O)Nc2ccc(N3CCN(C)CC3)nc2)c1. The van der Waals surface area contributed by atoms with E-state index in [0.717, 1.165) is 48.8 Å². The first-order chi connectivity index (χ1) is 11.5. The van der Waals surface area contributed by atoms with Gasteiger partial charge in [-0.15, -0.1) is 0 Å². The van der Waals surface area contributed by atoms with Gasteiger partial charge in [0.1, 0.15) is 5.82 Å². The van der Waals surface area contributed by atoms with E-state index in [-0.39, 0.29) is 5.91 Å². The van der Waals surface area contributed by atoms with Gasteiger partial charge in [-0.2, -0.15) is 0 Å². The van der Waals surface area contributed by atoms with E-state index in [1.165, 1.54) is 0 Å². The summed E-state index contributed by atoms with van der Waals surface area (Å²) in [5.74, 6) is 0.864. The highest BCUT2D eigenvalue weighted by molar-refractivity contribution is 6.04. The fourth-order valence-corrected chi connectivity index (χ4v) is 2.99. The van der Waals surface area contributed by atoms with Crippen molar-refractivity contribution >= 4 is 17.4 Å². The molecule has 2 heterocycles. The van der Waals surface area contributed by atoms with Gasteiger partial charge in [-0.25, -0.2) is 4.98 Å². The number of aromatic nitrogens is 1. The lowest BCUT2D eigenvalue weighted by atomic mass is 10.1. The van der Waals surface area contributed by atoms with Gasteiger partial charge in [-0.05, 0) is 45.2 Å². The smallest absolute Gasteiger partial charge is 0.255 e. The van der Waals surface area contributed by atoms with E-state index in [9.17, 15) is 4.79 Å². The van der Waals surface area contributed by atoms with E-state index in [2.05, 4.69) is 33.2 Å². The average molecular weight is 324 g/mol. The van der Waals surface area contributed by atoms with Crippen molar-refractivity contribution < 1.29 is 4.79 Å². The Kier molecular flexibility index (Phi) is 4.81. The zero-order valence-corrected chi connectivity index (χ0v) is 14.5. The molecule has 0 saturated carbocycles. The van der Waals surface area contributed by atoms with Crippen LogP contribution >= 0.6 is 0 Å². The fraction of sp³-hybridized carbons (Fsp3) is 0.368. The van der Waals surface area contributed by atoms with Gasteiger partial charge in [0.25, 0.3) is 5.91 Å². The van der Waals surface area contributed by atoms with Crippen molar-refractivity contribution in [1.29, 1.82) is 0 Å². The third kappa shape index (κ3) is 3.92. The first-order valence-corrected chi connectivity index (χ1v) is 8.30. The highest BCUT2D eigenvalue weighted by Crippen LogP contribution is 2.17. The number of anilines is 2. The lowest BCUT2D eigenvalue weighted by molar-refractivity contribution is 0.102. The summed E-state index contributed by atoms with van der Waals surface area (Å²) in [6.45, 7) is 8.06. The molecule has 0 bridgehead atoms. The zero-order chi connectivity index (χ0) is 17.1. The Bertz CT molecular complexity index is 698. The number of carbonyl (C=O) groups excluding carboxylic acids is 1. The molecule has 126 valence electrons. The Morgan fingerprint density at radius 1 is 1.04 bits per heavy atom. The van der Waals surface area contributed by atoms with Crippen LogP contribution in [0.4, 0.5) is 11.5 Å². The molecule has 3 rings (SSSR count). The van der Waals surface area contributed by atoms with Crippen LogP contribution < -0.4 is 10.2 Å². The summed E-state index contributed by atoms with van der Waals surface area (Å²) in [4.78, 5) is 21.5. The van der Waals surface area contributed by atoms with E-state index in [0.29, 0.717) is 5.56 Å². The Morgan fingerprint density at radius 3 is 2.29 bits per heavy atom.